The molecular weight excluding hydrogens is 364 g/mol. The minimum absolute atomic E-state index is 0.00588. The summed E-state index contributed by atoms with van der Waals surface area (Å²) in [6.07, 6.45) is 4.04. The SMILES string of the molecule is Cn1cnc2ncn(Cc3nc(C4CC(CS(=O)(=O)O)C4)no3)c(=O)c21. The first-order valence-electron chi connectivity index (χ1n) is 7.94. The number of aryl methyl sites for hydroxylation is 1. The van der Waals surface area contributed by atoms with Gasteiger partial charge in [-0.05, 0) is 18.8 Å². The summed E-state index contributed by atoms with van der Waals surface area (Å²) in [5.74, 6) is 0.391. The molecule has 1 aliphatic carbocycles. The van der Waals surface area contributed by atoms with Crippen molar-refractivity contribution in [3.8, 4) is 0 Å². The van der Waals surface area contributed by atoms with Crippen LogP contribution in [0.3, 0.4) is 0 Å². The van der Waals surface area contributed by atoms with Crippen LogP contribution in [-0.2, 0) is 23.7 Å². The quantitative estimate of drug-likeness (QED) is 0.601. The van der Waals surface area contributed by atoms with E-state index in [4.69, 9.17) is 9.08 Å². The van der Waals surface area contributed by atoms with E-state index in [9.17, 15) is 13.2 Å². The summed E-state index contributed by atoms with van der Waals surface area (Å²) >= 11 is 0. The molecule has 1 fully saturated rings. The van der Waals surface area contributed by atoms with Gasteiger partial charge < -0.3 is 9.09 Å². The molecule has 0 atom stereocenters. The highest BCUT2D eigenvalue weighted by atomic mass is 32.2. The molecule has 0 radical (unpaired) electrons. The summed E-state index contributed by atoms with van der Waals surface area (Å²) in [5, 5.41) is 3.91. The lowest BCUT2D eigenvalue weighted by molar-refractivity contribution is 0.266. The molecule has 3 aromatic rings. The molecule has 26 heavy (non-hydrogen) atoms. The maximum atomic E-state index is 12.5. The van der Waals surface area contributed by atoms with Crippen LogP contribution in [0.15, 0.2) is 22.0 Å². The largest absolute Gasteiger partial charge is 0.337 e. The molecular formula is C14H16N6O5S. The van der Waals surface area contributed by atoms with Crippen molar-refractivity contribution in [2.45, 2.75) is 25.3 Å². The van der Waals surface area contributed by atoms with E-state index in [0.717, 1.165) is 0 Å². The number of nitrogens with zero attached hydrogens (tertiary/aromatic N) is 6. The van der Waals surface area contributed by atoms with E-state index in [2.05, 4.69) is 20.1 Å². The van der Waals surface area contributed by atoms with Gasteiger partial charge in [0.15, 0.2) is 17.0 Å². The van der Waals surface area contributed by atoms with Gasteiger partial charge in [-0.15, -0.1) is 0 Å². The topological polar surface area (TPSA) is 146 Å². The van der Waals surface area contributed by atoms with Gasteiger partial charge in [-0.25, -0.2) is 9.97 Å². The third-order valence-electron chi connectivity index (χ3n) is 4.54. The van der Waals surface area contributed by atoms with E-state index in [1.165, 1.54) is 17.2 Å². The van der Waals surface area contributed by atoms with Gasteiger partial charge in [-0.2, -0.15) is 13.4 Å². The van der Waals surface area contributed by atoms with E-state index in [1.807, 2.05) is 0 Å². The molecule has 4 rings (SSSR count). The normalized spacial score (nSPS) is 20.4. The second-order valence-corrected chi connectivity index (χ2v) is 8.03. The zero-order valence-electron chi connectivity index (χ0n) is 13.8. The van der Waals surface area contributed by atoms with E-state index in [-0.39, 0.29) is 35.6 Å². The Morgan fingerprint density at radius 1 is 1.31 bits per heavy atom. The van der Waals surface area contributed by atoms with Crippen LogP contribution < -0.4 is 5.56 Å². The second kappa shape index (κ2) is 5.99. The van der Waals surface area contributed by atoms with Gasteiger partial charge in [0.1, 0.15) is 12.9 Å². The Bertz CT molecular complexity index is 1120. The van der Waals surface area contributed by atoms with Crippen LogP contribution >= 0.6 is 0 Å². The first kappa shape index (κ1) is 16.8. The first-order valence-corrected chi connectivity index (χ1v) is 9.55. The van der Waals surface area contributed by atoms with Gasteiger partial charge in [0, 0.05) is 13.0 Å². The van der Waals surface area contributed by atoms with Crippen LogP contribution in [0, 0.1) is 5.92 Å². The van der Waals surface area contributed by atoms with E-state index >= 15 is 0 Å². The van der Waals surface area contributed by atoms with E-state index in [0.29, 0.717) is 29.8 Å². The Labute approximate surface area is 147 Å². The third-order valence-corrected chi connectivity index (χ3v) is 5.43. The zero-order chi connectivity index (χ0) is 18.5. The average Bonchev–Trinajstić information content (AvgIpc) is 3.12. The summed E-state index contributed by atoms with van der Waals surface area (Å²) in [4.78, 5) is 24.9. The highest BCUT2D eigenvalue weighted by molar-refractivity contribution is 7.85. The molecule has 0 aliphatic heterocycles. The molecule has 0 spiro atoms. The van der Waals surface area contributed by atoms with Crippen molar-refractivity contribution >= 4 is 21.3 Å². The molecule has 0 amide bonds. The minimum atomic E-state index is -3.96. The summed E-state index contributed by atoms with van der Waals surface area (Å²) in [5.41, 5.74) is 0.505. The Kier molecular flexibility index (Phi) is 3.88. The fourth-order valence-corrected chi connectivity index (χ4v) is 4.08. The lowest BCUT2D eigenvalue weighted by Gasteiger charge is -2.31. The summed E-state index contributed by atoms with van der Waals surface area (Å²) in [6.45, 7) is 0.0844. The zero-order valence-corrected chi connectivity index (χ0v) is 14.6. The monoisotopic (exact) mass is 380 g/mol. The van der Waals surface area contributed by atoms with Crippen molar-refractivity contribution in [3.63, 3.8) is 0 Å². The minimum Gasteiger partial charge on any atom is -0.337 e. The van der Waals surface area contributed by atoms with E-state index in [1.54, 1.807) is 11.6 Å². The summed E-state index contributed by atoms with van der Waals surface area (Å²) < 4.78 is 38.8. The standard InChI is InChI=1S/C14H16N6O5S/c1-19-6-15-13-11(19)14(21)20(7-16-13)4-10-17-12(18-25-10)9-2-8(3-9)5-26(22,23)24/h6-9H,2-5H2,1H3,(H,22,23,24). The molecule has 0 unspecified atom stereocenters. The van der Waals surface area contributed by atoms with Crippen LogP contribution in [0.4, 0.5) is 0 Å². The van der Waals surface area contributed by atoms with Crippen LogP contribution in [0.25, 0.3) is 11.2 Å². The smallest absolute Gasteiger partial charge is 0.280 e. The van der Waals surface area contributed by atoms with Crippen molar-refractivity contribution < 1.29 is 17.5 Å². The second-order valence-electron chi connectivity index (χ2n) is 6.53. The van der Waals surface area contributed by atoms with Crippen molar-refractivity contribution in [2.24, 2.45) is 13.0 Å². The molecule has 0 saturated heterocycles. The highest BCUT2D eigenvalue weighted by Crippen LogP contribution is 2.40. The molecule has 1 saturated carbocycles. The molecule has 11 nitrogen and oxygen atoms in total. The summed E-state index contributed by atoms with van der Waals surface area (Å²) in [6, 6.07) is 0. The number of fused-ring (bicyclic) bond motifs is 1. The van der Waals surface area contributed by atoms with Gasteiger partial charge in [0.05, 0.1) is 12.1 Å². The number of aromatic nitrogens is 6. The van der Waals surface area contributed by atoms with Gasteiger partial charge >= 0.3 is 0 Å². The van der Waals surface area contributed by atoms with Gasteiger partial charge in [-0.1, -0.05) is 5.16 Å². The van der Waals surface area contributed by atoms with Crippen molar-refractivity contribution in [2.75, 3.05) is 5.75 Å². The maximum absolute atomic E-state index is 12.5. The number of imidazole rings is 1. The van der Waals surface area contributed by atoms with Crippen molar-refractivity contribution in [1.29, 1.82) is 0 Å². The van der Waals surface area contributed by atoms with Gasteiger partial charge in [0.25, 0.3) is 15.7 Å². The average molecular weight is 380 g/mol. The molecule has 3 heterocycles. The number of rotatable bonds is 5. The molecule has 12 heteroatoms. The predicted octanol–water partition coefficient (Wildman–Crippen LogP) is -0.0573. The highest BCUT2D eigenvalue weighted by Gasteiger charge is 2.36. The molecule has 0 aromatic carbocycles. The fraction of sp³-hybridized carbons (Fsp3) is 0.500. The Morgan fingerprint density at radius 2 is 2.04 bits per heavy atom. The summed E-state index contributed by atoms with van der Waals surface area (Å²) in [7, 11) is -2.25. The first-order chi connectivity index (χ1) is 12.3. The Morgan fingerprint density at radius 3 is 2.77 bits per heavy atom. The van der Waals surface area contributed by atoms with Crippen molar-refractivity contribution in [3.05, 3.63) is 34.7 Å². The molecule has 3 aromatic heterocycles. The molecule has 1 N–H and O–H groups in total. The van der Waals surface area contributed by atoms with Gasteiger partial charge in [0.2, 0.25) is 5.89 Å². The van der Waals surface area contributed by atoms with Crippen LogP contribution in [0.1, 0.15) is 30.5 Å². The Balaban J connectivity index is 1.47. The lowest BCUT2D eigenvalue weighted by Crippen LogP contribution is -2.29. The molecule has 138 valence electrons. The van der Waals surface area contributed by atoms with Crippen LogP contribution in [0.2, 0.25) is 0 Å². The fourth-order valence-electron chi connectivity index (χ4n) is 3.21. The maximum Gasteiger partial charge on any atom is 0.280 e. The Hall–Kier alpha value is -2.60. The van der Waals surface area contributed by atoms with Crippen LogP contribution in [-0.4, -0.2) is 48.0 Å². The van der Waals surface area contributed by atoms with E-state index < -0.39 is 10.1 Å². The predicted molar refractivity (Wildman–Crippen MR) is 88.0 cm³/mol. The lowest BCUT2D eigenvalue weighted by atomic mass is 9.75. The molecule has 0 bridgehead atoms. The number of hydrogen-bond donors (Lipinski definition) is 1. The van der Waals surface area contributed by atoms with Gasteiger partial charge in [-0.3, -0.25) is 13.9 Å². The third kappa shape index (κ3) is 3.12. The van der Waals surface area contributed by atoms with Crippen LogP contribution in [0.5, 0.6) is 0 Å². The molecule has 1 aliphatic rings. The number of hydrogen-bond acceptors (Lipinski definition) is 8. The van der Waals surface area contributed by atoms with Crippen molar-refractivity contribution in [1.82, 2.24) is 29.2 Å².